The SMILES string of the molecule is CCCOC1CCCN(C2(CN)CCCC2)C1. The zero-order valence-electron chi connectivity index (χ0n) is 11.3. The summed E-state index contributed by atoms with van der Waals surface area (Å²) >= 11 is 0. The van der Waals surface area contributed by atoms with Crippen LogP contribution in [0.3, 0.4) is 0 Å². The van der Waals surface area contributed by atoms with Gasteiger partial charge in [0.25, 0.3) is 0 Å². The van der Waals surface area contributed by atoms with Crippen LogP contribution in [0.2, 0.25) is 0 Å². The van der Waals surface area contributed by atoms with Crippen molar-refractivity contribution in [1.82, 2.24) is 4.90 Å². The summed E-state index contributed by atoms with van der Waals surface area (Å²) < 4.78 is 5.93. The molecule has 0 spiro atoms. The van der Waals surface area contributed by atoms with Gasteiger partial charge in [-0.15, -0.1) is 0 Å². The Hall–Kier alpha value is -0.120. The van der Waals surface area contributed by atoms with Crippen molar-refractivity contribution in [1.29, 1.82) is 0 Å². The van der Waals surface area contributed by atoms with Gasteiger partial charge in [-0.05, 0) is 38.6 Å². The lowest BCUT2D eigenvalue weighted by atomic mass is 9.92. The second-order valence-electron chi connectivity index (χ2n) is 5.72. The molecule has 3 heteroatoms. The van der Waals surface area contributed by atoms with Crippen molar-refractivity contribution < 1.29 is 4.74 Å². The van der Waals surface area contributed by atoms with E-state index in [9.17, 15) is 0 Å². The fourth-order valence-corrected chi connectivity index (χ4v) is 3.47. The van der Waals surface area contributed by atoms with Crippen LogP contribution in [0, 0.1) is 0 Å². The molecule has 0 aromatic carbocycles. The third kappa shape index (κ3) is 3.01. The summed E-state index contributed by atoms with van der Waals surface area (Å²) in [5.74, 6) is 0. The average molecular weight is 240 g/mol. The molecule has 1 aliphatic heterocycles. The minimum absolute atomic E-state index is 0.314. The summed E-state index contributed by atoms with van der Waals surface area (Å²) in [4.78, 5) is 2.64. The molecular formula is C14H28N2O. The Morgan fingerprint density at radius 3 is 2.71 bits per heavy atom. The Morgan fingerprint density at radius 2 is 2.06 bits per heavy atom. The molecule has 1 saturated heterocycles. The van der Waals surface area contributed by atoms with E-state index in [1.165, 1.54) is 45.1 Å². The first kappa shape index (κ1) is 13.3. The predicted octanol–water partition coefficient (Wildman–Crippen LogP) is 2.15. The van der Waals surface area contributed by atoms with E-state index in [0.29, 0.717) is 11.6 Å². The Bertz CT molecular complexity index is 226. The molecule has 0 aromatic heterocycles. The Morgan fingerprint density at radius 1 is 1.29 bits per heavy atom. The Balaban J connectivity index is 1.91. The second-order valence-corrected chi connectivity index (χ2v) is 5.72. The molecule has 1 aliphatic carbocycles. The minimum atomic E-state index is 0.314. The highest BCUT2D eigenvalue weighted by Crippen LogP contribution is 2.36. The van der Waals surface area contributed by atoms with Gasteiger partial charge in [-0.3, -0.25) is 4.90 Å². The van der Waals surface area contributed by atoms with E-state index in [4.69, 9.17) is 10.5 Å². The van der Waals surface area contributed by atoms with Gasteiger partial charge in [-0.25, -0.2) is 0 Å². The molecule has 2 N–H and O–H groups in total. The molecule has 1 saturated carbocycles. The number of likely N-dealkylation sites (tertiary alicyclic amines) is 1. The quantitative estimate of drug-likeness (QED) is 0.800. The van der Waals surface area contributed by atoms with Gasteiger partial charge in [-0.2, -0.15) is 0 Å². The van der Waals surface area contributed by atoms with Crippen molar-refractivity contribution in [3.05, 3.63) is 0 Å². The number of ether oxygens (including phenoxy) is 1. The lowest BCUT2D eigenvalue weighted by molar-refractivity contribution is -0.0349. The van der Waals surface area contributed by atoms with Crippen molar-refractivity contribution in [3.63, 3.8) is 0 Å². The maximum atomic E-state index is 6.06. The van der Waals surface area contributed by atoms with Crippen molar-refractivity contribution in [2.24, 2.45) is 5.73 Å². The van der Waals surface area contributed by atoms with Crippen LogP contribution < -0.4 is 5.73 Å². The lowest BCUT2D eigenvalue weighted by Gasteiger charge is -2.45. The molecule has 1 unspecified atom stereocenters. The first-order valence-corrected chi connectivity index (χ1v) is 7.37. The van der Waals surface area contributed by atoms with Crippen LogP contribution in [-0.4, -0.2) is 42.8 Å². The van der Waals surface area contributed by atoms with Gasteiger partial charge in [0.05, 0.1) is 6.10 Å². The molecular weight excluding hydrogens is 212 g/mol. The van der Waals surface area contributed by atoms with E-state index >= 15 is 0 Å². The molecule has 2 aliphatic rings. The van der Waals surface area contributed by atoms with Crippen molar-refractivity contribution in [2.45, 2.75) is 63.5 Å². The van der Waals surface area contributed by atoms with E-state index < -0.39 is 0 Å². The number of hydrogen-bond donors (Lipinski definition) is 1. The van der Waals surface area contributed by atoms with E-state index in [1.807, 2.05) is 0 Å². The monoisotopic (exact) mass is 240 g/mol. The van der Waals surface area contributed by atoms with Gasteiger partial charge in [0.1, 0.15) is 0 Å². The molecule has 1 atom stereocenters. The highest BCUT2D eigenvalue weighted by molar-refractivity contribution is 4.97. The molecule has 3 nitrogen and oxygen atoms in total. The largest absolute Gasteiger partial charge is 0.377 e. The van der Waals surface area contributed by atoms with Crippen LogP contribution >= 0.6 is 0 Å². The topological polar surface area (TPSA) is 38.5 Å². The second kappa shape index (κ2) is 6.17. The Kier molecular flexibility index (Phi) is 4.83. The van der Waals surface area contributed by atoms with Gasteiger partial charge in [0, 0.05) is 25.2 Å². The average Bonchev–Trinajstić information content (AvgIpc) is 2.87. The summed E-state index contributed by atoms with van der Waals surface area (Å²) in [7, 11) is 0. The van der Waals surface area contributed by atoms with E-state index in [0.717, 1.165) is 26.1 Å². The molecule has 2 rings (SSSR count). The van der Waals surface area contributed by atoms with Gasteiger partial charge < -0.3 is 10.5 Å². The first-order valence-electron chi connectivity index (χ1n) is 7.37. The number of rotatable bonds is 5. The molecule has 17 heavy (non-hydrogen) atoms. The molecule has 0 amide bonds. The smallest absolute Gasteiger partial charge is 0.0702 e. The minimum Gasteiger partial charge on any atom is -0.377 e. The zero-order chi connectivity index (χ0) is 12.1. The van der Waals surface area contributed by atoms with Crippen LogP contribution in [0.25, 0.3) is 0 Å². The third-order valence-corrected chi connectivity index (χ3v) is 4.52. The highest BCUT2D eigenvalue weighted by Gasteiger charge is 2.40. The fraction of sp³-hybridized carbons (Fsp3) is 1.00. The molecule has 1 heterocycles. The van der Waals surface area contributed by atoms with E-state index in [2.05, 4.69) is 11.8 Å². The third-order valence-electron chi connectivity index (χ3n) is 4.52. The number of nitrogens with two attached hydrogens (primary N) is 1. The number of hydrogen-bond acceptors (Lipinski definition) is 3. The van der Waals surface area contributed by atoms with E-state index in [1.54, 1.807) is 0 Å². The van der Waals surface area contributed by atoms with Gasteiger partial charge in [0.2, 0.25) is 0 Å². The maximum Gasteiger partial charge on any atom is 0.0702 e. The van der Waals surface area contributed by atoms with Crippen LogP contribution in [0.1, 0.15) is 51.9 Å². The van der Waals surface area contributed by atoms with Gasteiger partial charge in [0.15, 0.2) is 0 Å². The fourth-order valence-electron chi connectivity index (χ4n) is 3.47. The van der Waals surface area contributed by atoms with E-state index in [-0.39, 0.29) is 0 Å². The number of nitrogens with zero attached hydrogens (tertiary/aromatic N) is 1. The highest BCUT2D eigenvalue weighted by atomic mass is 16.5. The normalized spacial score (nSPS) is 29.6. The zero-order valence-corrected chi connectivity index (χ0v) is 11.3. The van der Waals surface area contributed by atoms with Gasteiger partial charge in [-0.1, -0.05) is 19.8 Å². The van der Waals surface area contributed by atoms with Crippen molar-refractivity contribution >= 4 is 0 Å². The summed E-state index contributed by atoms with van der Waals surface area (Å²) in [5.41, 5.74) is 6.38. The number of piperidine rings is 1. The summed E-state index contributed by atoms with van der Waals surface area (Å²) in [6.07, 6.45) is 9.38. The summed E-state index contributed by atoms with van der Waals surface area (Å²) in [6, 6.07) is 0. The van der Waals surface area contributed by atoms with Gasteiger partial charge >= 0.3 is 0 Å². The maximum absolute atomic E-state index is 6.06. The van der Waals surface area contributed by atoms with Crippen molar-refractivity contribution in [2.75, 3.05) is 26.2 Å². The molecule has 100 valence electrons. The first-order chi connectivity index (χ1) is 8.30. The summed E-state index contributed by atoms with van der Waals surface area (Å²) in [5, 5.41) is 0. The molecule has 2 fully saturated rings. The lowest BCUT2D eigenvalue weighted by Crippen LogP contribution is -2.56. The van der Waals surface area contributed by atoms with Crippen LogP contribution in [-0.2, 0) is 4.74 Å². The molecule has 0 radical (unpaired) electrons. The predicted molar refractivity (Wildman–Crippen MR) is 71.1 cm³/mol. The Labute approximate surface area is 106 Å². The standard InChI is InChI=1S/C14H28N2O/c1-2-10-17-13-6-5-9-16(11-13)14(12-15)7-3-4-8-14/h13H,2-12,15H2,1H3. The van der Waals surface area contributed by atoms with Crippen LogP contribution in [0.5, 0.6) is 0 Å². The summed E-state index contributed by atoms with van der Waals surface area (Å²) in [6.45, 7) is 6.25. The van der Waals surface area contributed by atoms with Crippen LogP contribution in [0.15, 0.2) is 0 Å². The van der Waals surface area contributed by atoms with Crippen molar-refractivity contribution in [3.8, 4) is 0 Å². The van der Waals surface area contributed by atoms with Crippen LogP contribution in [0.4, 0.5) is 0 Å². The molecule has 0 aromatic rings. The molecule has 0 bridgehead atoms.